The van der Waals surface area contributed by atoms with Gasteiger partial charge in [0.25, 0.3) is 0 Å². The van der Waals surface area contributed by atoms with Crippen LogP contribution in [0.4, 0.5) is 0 Å². The van der Waals surface area contributed by atoms with Gasteiger partial charge in [-0.25, -0.2) is 0 Å². The van der Waals surface area contributed by atoms with Gasteiger partial charge in [0.1, 0.15) is 0 Å². The van der Waals surface area contributed by atoms with Gasteiger partial charge in [-0.15, -0.1) is 0 Å². The third-order valence-corrected chi connectivity index (χ3v) is 2.85. The Kier molecular flexibility index (Phi) is 3.15. The Morgan fingerprint density at radius 1 is 1.36 bits per heavy atom. The summed E-state index contributed by atoms with van der Waals surface area (Å²) in [4.78, 5) is 2.23. The van der Waals surface area contributed by atoms with Gasteiger partial charge in [0.15, 0.2) is 0 Å². The van der Waals surface area contributed by atoms with Gasteiger partial charge >= 0.3 is 0 Å². The Morgan fingerprint density at radius 3 is 1.82 bits per heavy atom. The molecule has 0 saturated heterocycles. The van der Waals surface area contributed by atoms with E-state index >= 15 is 0 Å². The van der Waals surface area contributed by atoms with Crippen LogP contribution in [0, 0.1) is 5.92 Å². The first-order valence-corrected chi connectivity index (χ1v) is 4.19. The first-order valence-electron chi connectivity index (χ1n) is 4.19. The average molecular weight is 155 g/mol. The fourth-order valence-electron chi connectivity index (χ4n) is 0.879. The summed E-state index contributed by atoms with van der Waals surface area (Å²) in [6, 6.07) is 0. The van der Waals surface area contributed by atoms with E-state index in [9.17, 15) is 0 Å². The van der Waals surface area contributed by atoms with Gasteiger partial charge in [0.05, 0.1) is 0 Å². The highest BCUT2D eigenvalue weighted by Gasteiger charge is 2.26. The topological polar surface area (TPSA) is 3.24 Å². The lowest BCUT2D eigenvalue weighted by molar-refractivity contribution is 0.145. The normalized spacial score (nSPS) is 11.9. The Hall–Kier alpha value is -0.460. The highest BCUT2D eigenvalue weighted by Crippen LogP contribution is 2.24. The Morgan fingerprint density at radius 2 is 1.73 bits per heavy atom. The molecule has 1 nitrogen and oxygen atoms in total. The molecule has 0 aliphatic heterocycles. The molecule has 0 rings (SSSR count). The molecule has 0 amide bonds. The average Bonchev–Trinajstić information content (AvgIpc) is 1.85. The summed E-state index contributed by atoms with van der Waals surface area (Å²) in [7, 11) is 2.10. The summed E-state index contributed by atoms with van der Waals surface area (Å²) in [5.74, 6) is 0.643. The molecule has 0 aliphatic carbocycles. The van der Waals surface area contributed by atoms with Crippen LogP contribution in [0.1, 0.15) is 34.6 Å². The van der Waals surface area contributed by atoms with Crippen LogP contribution in [-0.4, -0.2) is 17.5 Å². The first kappa shape index (κ1) is 10.5. The lowest BCUT2D eigenvalue weighted by atomic mass is 9.89. The summed E-state index contributed by atoms with van der Waals surface area (Å²) in [6.07, 6.45) is 0. The number of rotatable bonds is 3. The maximum atomic E-state index is 3.93. The molecule has 0 aromatic heterocycles. The maximum absolute atomic E-state index is 3.93. The van der Waals surface area contributed by atoms with Gasteiger partial charge in [-0.3, -0.25) is 0 Å². The van der Waals surface area contributed by atoms with E-state index in [1.165, 1.54) is 0 Å². The Balaban J connectivity index is 4.41. The van der Waals surface area contributed by atoms with Crippen LogP contribution in [-0.2, 0) is 0 Å². The third-order valence-electron chi connectivity index (χ3n) is 2.85. The lowest BCUT2D eigenvalue weighted by Gasteiger charge is -2.41. The van der Waals surface area contributed by atoms with Crippen molar-refractivity contribution in [3.63, 3.8) is 0 Å². The quantitative estimate of drug-likeness (QED) is 0.605. The van der Waals surface area contributed by atoms with Gasteiger partial charge in [0.2, 0.25) is 0 Å². The molecule has 0 radical (unpaired) electrons. The molecular weight excluding hydrogens is 134 g/mol. The van der Waals surface area contributed by atoms with E-state index in [1.54, 1.807) is 0 Å². The van der Waals surface area contributed by atoms with E-state index in [4.69, 9.17) is 0 Å². The lowest BCUT2D eigenvalue weighted by Crippen LogP contribution is -2.43. The van der Waals surface area contributed by atoms with Crippen molar-refractivity contribution >= 4 is 0 Å². The van der Waals surface area contributed by atoms with Crippen molar-refractivity contribution in [2.45, 2.75) is 40.2 Å². The smallest absolute Gasteiger partial charge is 0.0362 e. The molecule has 0 heterocycles. The maximum Gasteiger partial charge on any atom is 0.0362 e. The van der Waals surface area contributed by atoms with Crippen LogP contribution < -0.4 is 0 Å². The van der Waals surface area contributed by atoms with Crippen molar-refractivity contribution in [2.75, 3.05) is 7.05 Å². The largest absolute Gasteiger partial charge is 0.373 e. The van der Waals surface area contributed by atoms with Crippen LogP contribution >= 0.6 is 0 Å². The Bertz CT molecular complexity index is 145. The van der Waals surface area contributed by atoms with Crippen molar-refractivity contribution in [2.24, 2.45) is 5.92 Å². The molecule has 0 atom stereocenters. The zero-order chi connectivity index (χ0) is 9.23. The summed E-state index contributed by atoms with van der Waals surface area (Å²) < 4.78 is 0. The fraction of sp³-hybridized carbons (Fsp3) is 0.800. The summed E-state index contributed by atoms with van der Waals surface area (Å²) in [6.45, 7) is 14.9. The number of nitrogens with zero attached hydrogens (tertiary/aromatic N) is 1. The first-order chi connectivity index (χ1) is 4.80. The molecule has 0 aromatic rings. The minimum atomic E-state index is 0.214. The zero-order valence-corrected chi connectivity index (χ0v) is 8.73. The molecule has 0 unspecified atom stereocenters. The van der Waals surface area contributed by atoms with E-state index in [0.717, 1.165) is 5.70 Å². The van der Waals surface area contributed by atoms with Crippen LogP contribution in [0.15, 0.2) is 12.3 Å². The molecule has 11 heavy (non-hydrogen) atoms. The predicted molar refractivity (Wildman–Crippen MR) is 51.5 cm³/mol. The monoisotopic (exact) mass is 155 g/mol. The van der Waals surface area contributed by atoms with Crippen molar-refractivity contribution < 1.29 is 0 Å². The standard InChI is InChI=1S/C10H21N/c1-8(2)10(5,6)11(7)9(3)4/h8H,3H2,1-2,4-7H3. The number of allylic oxidation sites excluding steroid dienone is 1. The van der Waals surface area contributed by atoms with Gasteiger partial charge in [-0.1, -0.05) is 20.4 Å². The minimum absolute atomic E-state index is 0.214. The van der Waals surface area contributed by atoms with Crippen LogP contribution in [0.5, 0.6) is 0 Å². The molecular formula is C10H21N. The molecule has 0 fully saturated rings. The number of hydrogen-bond donors (Lipinski definition) is 0. The van der Waals surface area contributed by atoms with Crippen molar-refractivity contribution in [3.8, 4) is 0 Å². The predicted octanol–water partition coefficient (Wildman–Crippen LogP) is 2.89. The molecule has 0 aromatic carbocycles. The van der Waals surface area contributed by atoms with Crippen LogP contribution in [0.2, 0.25) is 0 Å². The molecule has 0 N–H and O–H groups in total. The van der Waals surface area contributed by atoms with E-state index in [2.05, 4.69) is 46.2 Å². The fourth-order valence-corrected chi connectivity index (χ4v) is 0.879. The van der Waals surface area contributed by atoms with Gasteiger partial charge in [0, 0.05) is 18.3 Å². The highest BCUT2D eigenvalue weighted by atomic mass is 15.2. The van der Waals surface area contributed by atoms with Crippen LogP contribution in [0.3, 0.4) is 0 Å². The van der Waals surface area contributed by atoms with Crippen molar-refractivity contribution in [1.29, 1.82) is 0 Å². The molecule has 66 valence electrons. The highest BCUT2D eigenvalue weighted by molar-refractivity contribution is 4.96. The molecule has 0 aliphatic rings. The van der Waals surface area contributed by atoms with Gasteiger partial charge in [-0.2, -0.15) is 0 Å². The second-order valence-corrected chi connectivity index (χ2v) is 4.10. The molecule has 0 bridgehead atoms. The van der Waals surface area contributed by atoms with E-state index in [1.807, 2.05) is 6.92 Å². The third kappa shape index (κ3) is 2.25. The second kappa shape index (κ2) is 3.29. The van der Waals surface area contributed by atoms with E-state index in [0.29, 0.717) is 5.92 Å². The summed E-state index contributed by atoms with van der Waals surface area (Å²) in [5.41, 5.74) is 1.34. The summed E-state index contributed by atoms with van der Waals surface area (Å²) >= 11 is 0. The molecule has 0 saturated carbocycles. The van der Waals surface area contributed by atoms with E-state index < -0.39 is 0 Å². The van der Waals surface area contributed by atoms with Gasteiger partial charge < -0.3 is 4.90 Å². The SMILES string of the molecule is C=C(C)N(C)C(C)(C)C(C)C. The van der Waals surface area contributed by atoms with Gasteiger partial charge in [-0.05, 0) is 26.7 Å². The minimum Gasteiger partial charge on any atom is -0.373 e. The molecule has 1 heteroatoms. The summed E-state index contributed by atoms with van der Waals surface area (Å²) in [5, 5.41) is 0. The second-order valence-electron chi connectivity index (χ2n) is 4.10. The van der Waals surface area contributed by atoms with E-state index in [-0.39, 0.29) is 5.54 Å². The van der Waals surface area contributed by atoms with Crippen molar-refractivity contribution in [3.05, 3.63) is 12.3 Å². The molecule has 0 spiro atoms. The zero-order valence-electron chi connectivity index (χ0n) is 8.73. The van der Waals surface area contributed by atoms with Crippen LogP contribution in [0.25, 0.3) is 0 Å². The van der Waals surface area contributed by atoms with Crippen molar-refractivity contribution in [1.82, 2.24) is 4.90 Å². The number of hydrogen-bond acceptors (Lipinski definition) is 1. The Labute approximate surface area is 71.1 Å².